The zero-order valence-corrected chi connectivity index (χ0v) is 15.6. The van der Waals surface area contributed by atoms with Crippen LogP contribution in [0.3, 0.4) is 0 Å². The van der Waals surface area contributed by atoms with E-state index in [1.165, 1.54) is 7.11 Å². The zero-order valence-electron chi connectivity index (χ0n) is 13.4. The Labute approximate surface area is 150 Å². The van der Waals surface area contributed by atoms with Crippen molar-refractivity contribution in [3.05, 3.63) is 23.3 Å². The van der Waals surface area contributed by atoms with E-state index in [2.05, 4.69) is 5.32 Å². The predicted molar refractivity (Wildman–Crippen MR) is 92.9 cm³/mol. The summed E-state index contributed by atoms with van der Waals surface area (Å²) in [5, 5.41) is 12.1. The van der Waals surface area contributed by atoms with Gasteiger partial charge in [0.25, 0.3) is 0 Å². The number of halogens is 3. The Morgan fingerprint density at radius 2 is 1.87 bits per heavy atom. The molecule has 0 saturated heterocycles. The van der Waals surface area contributed by atoms with Crippen molar-refractivity contribution in [3.8, 4) is 5.75 Å². The summed E-state index contributed by atoms with van der Waals surface area (Å²) in [4.78, 5) is 11.9. The standard InChI is InChI=1S/C15H20Cl3NO4/c1-14(2,3)10-5-9(7-20)12(22-4)11(6-10)19-13(21)23-8-15(16,17)18/h5-6,20H,7-8H2,1-4H3,(H,19,21). The van der Waals surface area contributed by atoms with Crippen molar-refractivity contribution in [2.24, 2.45) is 0 Å². The van der Waals surface area contributed by atoms with Crippen molar-refractivity contribution in [1.82, 2.24) is 0 Å². The van der Waals surface area contributed by atoms with Crippen LogP contribution in [0, 0.1) is 0 Å². The molecule has 0 aromatic heterocycles. The fourth-order valence-corrected chi connectivity index (χ4v) is 2.03. The van der Waals surface area contributed by atoms with Gasteiger partial charge in [-0.05, 0) is 23.1 Å². The summed E-state index contributed by atoms with van der Waals surface area (Å²) in [5.41, 5.74) is 1.66. The third-order valence-corrected chi connectivity index (χ3v) is 3.34. The normalized spacial score (nSPS) is 12.0. The monoisotopic (exact) mass is 383 g/mol. The van der Waals surface area contributed by atoms with Crippen molar-refractivity contribution in [3.63, 3.8) is 0 Å². The lowest BCUT2D eigenvalue weighted by Crippen LogP contribution is -2.22. The number of hydrogen-bond acceptors (Lipinski definition) is 4. The first-order chi connectivity index (χ1) is 10.5. The lowest BCUT2D eigenvalue weighted by atomic mass is 9.85. The molecule has 0 unspecified atom stereocenters. The van der Waals surface area contributed by atoms with Crippen LogP contribution >= 0.6 is 34.8 Å². The molecule has 8 heteroatoms. The van der Waals surface area contributed by atoms with Gasteiger partial charge in [0.1, 0.15) is 12.4 Å². The molecule has 1 aromatic carbocycles. The molecule has 0 aliphatic rings. The Balaban J connectivity index is 3.10. The highest BCUT2D eigenvalue weighted by molar-refractivity contribution is 6.67. The van der Waals surface area contributed by atoms with Gasteiger partial charge in [-0.2, -0.15) is 0 Å². The maximum atomic E-state index is 11.9. The highest BCUT2D eigenvalue weighted by atomic mass is 35.6. The van der Waals surface area contributed by atoms with Crippen LogP contribution in [0.5, 0.6) is 5.75 Å². The Morgan fingerprint density at radius 1 is 1.26 bits per heavy atom. The fourth-order valence-electron chi connectivity index (χ4n) is 1.87. The van der Waals surface area contributed by atoms with Crippen LogP contribution in [0.25, 0.3) is 0 Å². The number of aliphatic hydroxyl groups excluding tert-OH is 1. The second kappa shape index (κ2) is 7.79. The third kappa shape index (κ3) is 6.26. The highest BCUT2D eigenvalue weighted by Crippen LogP contribution is 2.35. The van der Waals surface area contributed by atoms with Gasteiger partial charge in [-0.25, -0.2) is 4.79 Å². The van der Waals surface area contributed by atoms with E-state index in [9.17, 15) is 9.90 Å². The number of anilines is 1. The first kappa shape index (κ1) is 20.2. The maximum absolute atomic E-state index is 11.9. The number of ether oxygens (including phenoxy) is 2. The van der Waals surface area contributed by atoms with Crippen molar-refractivity contribution in [2.75, 3.05) is 19.0 Å². The summed E-state index contributed by atoms with van der Waals surface area (Å²) in [6, 6.07) is 3.59. The molecular weight excluding hydrogens is 365 g/mol. The van der Waals surface area contributed by atoms with Gasteiger partial charge >= 0.3 is 6.09 Å². The van der Waals surface area contributed by atoms with Gasteiger partial charge in [-0.1, -0.05) is 55.6 Å². The molecule has 1 rings (SSSR count). The molecule has 1 aromatic rings. The van der Waals surface area contributed by atoms with Crippen molar-refractivity contribution in [2.45, 2.75) is 36.6 Å². The fraction of sp³-hybridized carbons (Fsp3) is 0.533. The topological polar surface area (TPSA) is 67.8 Å². The minimum atomic E-state index is -1.69. The third-order valence-electron chi connectivity index (χ3n) is 3.01. The molecule has 0 bridgehead atoms. The van der Waals surface area contributed by atoms with E-state index in [0.717, 1.165) is 5.56 Å². The minimum absolute atomic E-state index is 0.186. The van der Waals surface area contributed by atoms with E-state index >= 15 is 0 Å². The Morgan fingerprint density at radius 3 is 2.30 bits per heavy atom. The van der Waals surface area contributed by atoms with Crippen LogP contribution in [-0.2, 0) is 16.8 Å². The molecule has 1 amide bonds. The van der Waals surface area contributed by atoms with Crippen LogP contribution in [0.15, 0.2) is 12.1 Å². The van der Waals surface area contributed by atoms with Gasteiger partial charge in [0, 0.05) is 5.56 Å². The van der Waals surface area contributed by atoms with E-state index in [4.69, 9.17) is 44.3 Å². The minimum Gasteiger partial charge on any atom is -0.494 e. The number of amides is 1. The number of carbonyl (C=O) groups is 1. The molecule has 23 heavy (non-hydrogen) atoms. The number of nitrogens with one attached hydrogen (secondary N) is 1. The molecule has 0 heterocycles. The van der Waals surface area contributed by atoms with Gasteiger partial charge in [-0.3, -0.25) is 5.32 Å². The van der Waals surface area contributed by atoms with Crippen LogP contribution in [0.1, 0.15) is 31.9 Å². The number of methoxy groups -OCH3 is 1. The van der Waals surface area contributed by atoms with E-state index in [1.54, 1.807) is 6.07 Å². The van der Waals surface area contributed by atoms with Crippen molar-refractivity contribution in [1.29, 1.82) is 0 Å². The van der Waals surface area contributed by atoms with E-state index in [1.807, 2.05) is 26.8 Å². The first-order valence-corrected chi connectivity index (χ1v) is 7.94. The van der Waals surface area contributed by atoms with Crippen molar-refractivity contribution < 1.29 is 19.4 Å². The number of benzene rings is 1. The average molecular weight is 385 g/mol. The second-order valence-corrected chi connectivity index (χ2v) is 8.46. The number of alkyl halides is 3. The molecule has 5 nitrogen and oxygen atoms in total. The molecule has 0 saturated carbocycles. The Kier molecular flexibility index (Phi) is 6.83. The molecule has 2 N–H and O–H groups in total. The summed E-state index contributed by atoms with van der Waals surface area (Å²) >= 11 is 16.6. The number of aliphatic hydroxyl groups is 1. The first-order valence-electron chi connectivity index (χ1n) is 6.80. The lowest BCUT2D eigenvalue weighted by Gasteiger charge is -2.23. The van der Waals surface area contributed by atoms with Gasteiger partial charge in [0.05, 0.1) is 19.4 Å². The predicted octanol–water partition coefficient (Wildman–Crippen LogP) is 4.40. The molecule has 0 radical (unpaired) electrons. The van der Waals surface area contributed by atoms with Gasteiger partial charge in [0.2, 0.25) is 3.79 Å². The molecule has 0 aliphatic heterocycles. The van der Waals surface area contributed by atoms with Gasteiger partial charge in [-0.15, -0.1) is 0 Å². The number of carbonyl (C=O) groups excluding carboxylic acids is 1. The maximum Gasteiger partial charge on any atom is 0.411 e. The highest BCUT2D eigenvalue weighted by Gasteiger charge is 2.24. The largest absolute Gasteiger partial charge is 0.494 e. The molecule has 0 spiro atoms. The molecule has 0 fully saturated rings. The molecular formula is C15H20Cl3NO4. The molecule has 0 aliphatic carbocycles. The van der Waals surface area contributed by atoms with E-state index < -0.39 is 16.5 Å². The van der Waals surface area contributed by atoms with Gasteiger partial charge < -0.3 is 14.6 Å². The van der Waals surface area contributed by atoms with Crippen LogP contribution in [0.4, 0.5) is 10.5 Å². The van der Waals surface area contributed by atoms with E-state index in [0.29, 0.717) is 17.0 Å². The molecule has 130 valence electrons. The lowest BCUT2D eigenvalue weighted by molar-refractivity contribution is 0.163. The zero-order chi connectivity index (χ0) is 17.8. The number of rotatable bonds is 4. The Bertz CT molecular complexity index is 565. The van der Waals surface area contributed by atoms with Crippen LogP contribution < -0.4 is 10.1 Å². The number of hydrogen-bond donors (Lipinski definition) is 2. The summed E-state index contributed by atoms with van der Waals surface area (Å²) in [6.07, 6.45) is -0.787. The summed E-state index contributed by atoms with van der Waals surface area (Å²) in [6.45, 7) is 5.42. The van der Waals surface area contributed by atoms with Crippen LogP contribution in [0.2, 0.25) is 0 Å². The van der Waals surface area contributed by atoms with E-state index in [-0.39, 0.29) is 12.0 Å². The van der Waals surface area contributed by atoms with Gasteiger partial charge in [0.15, 0.2) is 0 Å². The van der Waals surface area contributed by atoms with Crippen molar-refractivity contribution >= 4 is 46.6 Å². The van der Waals surface area contributed by atoms with Crippen LogP contribution in [-0.4, -0.2) is 28.7 Å². The average Bonchev–Trinajstić information content (AvgIpc) is 2.42. The SMILES string of the molecule is COc1c(CO)cc(C(C)(C)C)cc1NC(=O)OCC(Cl)(Cl)Cl. The smallest absolute Gasteiger partial charge is 0.411 e. The second-order valence-electron chi connectivity index (χ2n) is 5.94. The summed E-state index contributed by atoms with van der Waals surface area (Å²) in [5.74, 6) is 0.353. The summed E-state index contributed by atoms with van der Waals surface area (Å²) < 4.78 is 8.43. The molecule has 0 atom stereocenters. The quantitative estimate of drug-likeness (QED) is 0.755. The summed E-state index contributed by atoms with van der Waals surface area (Å²) in [7, 11) is 1.45. The Hall–Kier alpha value is -0.880.